The van der Waals surface area contributed by atoms with Crippen molar-refractivity contribution in [3.8, 4) is 0 Å². The maximum atomic E-state index is 12.6. The van der Waals surface area contributed by atoms with Gasteiger partial charge in [0.05, 0.1) is 12.5 Å². The Morgan fingerprint density at radius 2 is 1.76 bits per heavy atom. The molecule has 2 amide bonds. The fourth-order valence-corrected chi connectivity index (χ4v) is 4.33. The van der Waals surface area contributed by atoms with E-state index in [9.17, 15) is 9.59 Å². The van der Waals surface area contributed by atoms with Crippen LogP contribution < -0.4 is 10.6 Å². The van der Waals surface area contributed by atoms with Gasteiger partial charge in [-0.15, -0.1) is 0 Å². The number of amides is 2. The number of piperazine rings is 1. The van der Waals surface area contributed by atoms with Gasteiger partial charge in [0.15, 0.2) is 0 Å². The second-order valence-electron chi connectivity index (χ2n) is 8.17. The lowest BCUT2D eigenvalue weighted by molar-refractivity contribution is -0.138. The highest BCUT2D eigenvalue weighted by Gasteiger charge is 2.29. The minimum atomic E-state index is 0.149. The molecule has 6 heteroatoms. The third-order valence-electron chi connectivity index (χ3n) is 6.08. The fourth-order valence-electron chi connectivity index (χ4n) is 4.33. The number of piperidine rings is 1. The van der Waals surface area contributed by atoms with Crippen molar-refractivity contribution in [3.05, 3.63) is 0 Å². The van der Waals surface area contributed by atoms with E-state index in [0.717, 1.165) is 70.9 Å². The summed E-state index contributed by atoms with van der Waals surface area (Å²) in [6, 6.07) is 0.366. The Kier molecular flexibility index (Phi) is 6.70. The Morgan fingerprint density at radius 1 is 1.04 bits per heavy atom. The van der Waals surface area contributed by atoms with E-state index in [4.69, 9.17) is 0 Å². The minimum Gasteiger partial charge on any atom is -0.352 e. The van der Waals surface area contributed by atoms with Gasteiger partial charge in [0.2, 0.25) is 11.8 Å². The molecule has 0 aromatic heterocycles. The van der Waals surface area contributed by atoms with E-state index in [1.165, 1.54) is 12.8 Å². The van der Waals surface area contributed by atoms with Gasteiger partial charge in [-0.05, 0) is 51.0 Å². The molecule has 3 fully saturated rings. The molecule has 2 aliphatic heterocycles. The SMILES string of the molecule is CC1CCC(NC(=O)CN2CCN(C(=O)C3CCCNC3)CC2)CC1. The number of hydrogen-bond donors (Lipinski definition) is 2. The largest absolute Gasteiger partial charge is 0.352 e. The number of nitrogens with zero attached hydrogens (tertiary/aromatic N) is 2. The van der Waals surface area contributed by atoms with E-state index in [1.807, 2.05) is 4.90 Å². The van der Waals surface area contributed by atoms with Crippen molar-refractivity contribution in [1.82, 2.24) is 20.4 Å². The summed E-state index contributed by atoms with van der Waals surface area (Å²) in [6.07, 6.45) is 6.78. The summed E-state index contributed by atoms with van der Waals surface area (Å²) < 4.78 is 0. The van der Waals surface area contributed by atoms with Crippen LogP contribution in [0.25, 0.3) is 0 Å². The van der Waals surface area contributed by atoms with Gasteiger partial charge >= 0.3 is 0 Å². The summed E-state index contributed by atoms with van der Waals surface area (Å²) in [6.45, 7) is 7.74. The predicted octanol–water partition coefficient (Wildman–Crippen LogP) is 0.825. The normalized spacial score (nSPS) is 31.6. The molecule has 1 atom stereocenters. The molecule has 2 heterocycles. The number of hydrogen-bond acceptors (Lipinski definition) is 4. The van der Waals surface area contributed by atoms with E-state index in [-0.39, 0.29) is 11.8 Å². The zero-order valence-electron chi connectivity index (χ0n) is 15.6. The molecule has 0 aromatic rings. The maximum Gasteiger partial charge on any atom is 0.234 e. The molecular formula is C19H34N4O2. The van der Waals surface area contributed by atoms with Crippen LogP contribution in [-0.2, 0) is 9.59 Å². The summed E-state index contributed by atoms with van der Waals surface area (Å²) in [4.78, 5) is 29.0. The first-order chi connectivity index (χ1) is 12.1. The first kappa shape index (κ1) is 18.6. The van der Waals surface area contributed by atoms with Gasteiger partial charge in [-0.1, -0.05) is 6.92 Å². The predicted molar refractivity (Wildman–Crippen MR) is 98.2 cm³/mol. The highest BCUT2D eigenvalue weighted by atomic mass is 16.2. The third-order valence-corrected chi connectivity index (χ3v) is 6.08. The second kappa shape index (κ2) is 8.99. The average Bonchev–Trinajstić information content (AvgIpc) is 2.64. The van der Waals surface area contributed by atoms with Gasteiger partial charge in [-0.25, -0.2) is 0 Å². The molecule has 142 valence electrons. The molecule has 3 aliphatic rings. The van der Waals surface area contributed by atoms with Crippen LogP contribution >= 0.6 is 0 Å². The van der Waals surface area contributed by atoms with Gasteiger partial charge in [0, 0.05) is 38.8 Å². The highest BCUT2D eigenvalue weighted by Crippen LogP contribution is 2.23. The lowest BCUT2D eigenvalue weighted by Crippen LogP contribution is -2.54. The molecule has 0 bridgehead atoms. The minimum absolute atomic E-state index is 0.149. The molecule has 1 saturated carbocycles. The summed E-state index contributed by atoms with van der Waals surface area (Å²) >= 11 is 0. The molecule has 1 unspecified atom stereocenters. The van der Waals surface area contributed by atoms with Crippen LogP contribution in [0.15, 0.2) is 0 Å². The Hall–Kier alpha value is -1.14. The standard InChI is InChI=1S/C19H34N4O2/c1-15-4-6-17(7-5-15)21-18(24)14-22-9-11-23(12-10-22)19(25)16-3-2-8-20-13-16/h15-17,20H,2-14H2,1H3,(H,21,24). The maximum absolute atomic E-state index is 12.6. The van der Waals surface area contributed by atoms with Crippen molar-refractivity contribution in [2.45, 2.75) is 51.5 Å². The number of nitrogens with one attached hydrogen (secondary N) is 2. The van der Waals surface area contributed by atoms with E-state index in [0.29, 0.717) is 18.5 Å². The average molecular weight is 351 g/mol. The number of carbonyl (C=O) groups excluding carboxylic acids is 2. The quantitative estimate of drug-likeness (QED) is 0.788. The van der Waals surface area contributed by atoms with Crippen LogP contribution in [0.2, 0.25) is 0 Å². The van der Waals surface area contributed by atoms with Gasteiger partial charge in [0.25, 0.3) is 0 Å². The Balaban J connectivity index is 1.35. The summed E-state index contributed by atoms with van der Waals surface area (Å²) in [5.74, 6) is 1.40. The van der Waals surface area contributed by atoms with Crippen LogP contribution in [0.4, 0.5) is 0 Å². The molecule has 25 heavy (non-hydrogen) atoms. The van der Waals surface area contributed by atoms with Crippen LogP contribution in [-0.4, -0.2) is 73.5 Å². The Morgan fingerprint density at radius 3 is 2.40 bits per heavy atom. The fraction of sp³-hybridized carbons (Fsp3) is 0.895. The van der Waals surface area contributed by atoms with Crippen LogP contribution in [0.3, 0.4) is 0 Å². The zero-order chi connectivity index (χ0) is 17.6. The van der Waals surface area contributed by atoms with Gasteiger partial charge in [-0.2, -0.15) is 0 Å². The molecule has 0 radical (unpaired) electrons. The van der Waals surface area contributed by atoms with E-state index >= 15 is 0 Å². The van der Waals surface area contributed by atoms with E-state index in [1.54, 1.807) is 0 Å². The molecule has 0 aromatic carbocycles. The first-order valence-electron chi connectivity index (χ1n) is 10.1. The van der Waals surface area contributed by atoms with Crippen molar-refractivity contribution >= 4 is 11.8 Å². The van der Waals surface area contributed by atoms with E-state index in [2.05, 4.69) is 22.5 Å². The van der Waals surface area contributed by atoms with Crippen LogP contribution in [0.5, 0.6) is 0 Å². The van der Waals surface area contributed by atoms with Crippen molar-refractivity contribution < 1.29 is 9.59 Å². The van der Waals surface area contributed by atoms with Crippen molar-refractivity contribution in [1.29, 1.82) is 0 Å². The number of rotatable bonds is 4. The smallest absolute Gasteiger partial charge is 0.234 e. The highest BCUT2D eigenvalue weighted by molar-refractivity contribution is 5.80. The molecule has 2 N–H and O–H groups in total. The topological polar surface area (TPSA) is 64.7 Å². The second-order valence-corrected chi connectivity index (χ2v) is 8.17. The Labute approximate surface area is 151 Å². The molecule has 2 saturated heterocycles. The van der Waals surface area contributed by atoms with Gasteiger partial charge in [0.1, 0.15) is 0 Å². The summed E-state index contributed by atoms with van der Waals surface area (Å²) in [5, 5.41) is 6.52. The zero-order valence-corrected chi connectivity index (χ0v) is 15.6. The Bertz CT molecular complexity index is 448. The summed E-state index contributed by atoms with van der Waals surface area (Å²) in [7, 11) is 0. The number of carbonyl (C=O) groups is 2. The molecule has 0 spiro atoms. The van der Waals surface area contributed by atoms with Crippen molar-refractivity contribution in [3.63, 3.8) is 0 Å². The lowest BCUT2D eigenvalue weighted by Gasteiger charge is -2.37. The summed E-state index contributed by atoms with van der Waals surface area (Å²) in [5.41, 5.74) is 0. The van der Waals surface area contributed by atoms with Crippen molar-refractivity contribution in [2.75, 3.05) is 45.8 Å². The molecule has 1 aliphatic carbocycles. The monoisotopic (exact) mass is 350 g/mol. The van der Waals surface area contributed by atoms with Crippen LogP contribution in [0, 0.1) is 11.8 Å². The van der Waals surface area contributed by atoms with Gasteiger partial charge < -0.3 is 15.5 Å². The van der Waals surface area contributed by atoms with Gasteiger partial charge in [-0.3, -0.25) is 14.5 Å². The molecular weight excluding hydrogens is 316 g/mol. The third kappa shape index (κ3) is 5.42. The van der Waals surface area contributed by atoms with Crippen molar-refractivity contribution in [2.24, 2.45) is 11.8 Å². The first-order valence-corrected chi connectivity index (χ1v) is 10.1. The van der Waals surface area contributed by atoms with Crippen LogP contribution in [0.1, 0.15) is 45.4 Å². The lowest BCUT2D eigenvalue weighted by atomic mass is 9.87. The molecule has 6 nitrogen and oxygen atoms in total. The van der Waals surface area contributed by atoms with E-state index < -0.39 is 0 Å². The molecule has 3 rings (SSSR count).